The minimum absolute atomic E-state index is 0.211. The largest absolute Gasteiger partial charge is 0.487 e. The number of fused-ring (bicyclic) bond motifs is 1. The molecule has 1 N–H and O–H groups in total. The Bertz CT molecular complexity index is 1470. The number of carbonyl (C=O) groups is 1. The molecule has 0 bridgehead atoms. The molecule has 0 aliphatic carbocycles. The van der Waals surface area contributed by atoms with Gasteiger partial charge in [0.15, 0.2) is 5.17 Å². The Morgan fingerprint density at radius 3 is 2.46 bits per heavy atom. The number of rotatable bonds is 5. The summed E-state index contributed by atoms with van der Waals surface area (Å²) < 4.78 is 21.3. The van der Waals surface area contributed by atoms with E-state index in [0.29, 0.717) is 22.4 Å². The van der Waals surface area contributed by atoms with Crippen molar-refractivity contribution in [1.82, 2.24) is 5.32 Å². The van der Waals surface area contributed by atoms with E-state index in [1.165, 1.54) is 34.7 Å². The number of thioether (sulfide) groups is 1. The van der Waals surface area contributed by atoms with Crippen molar-refractivity contribution in [2.45, 2.75) is 6.61 Å². The smallest absolute Gasteiger partial charge is 0.264 e. The van der Waals surface area contributed by atoms with Crippen molar-refractivity contribution in [1.29, 1.82) is 0 Å². The fraction of sp³-hybridized carbons (Fsp3) is 0.0370. The highest BCUT2D eigenvalue weighted by Crippen LogP contribution is 2.33. The molecule has 1 saturated heterocycles. The predicted octanol–water partition coefficient (Wildman–Crippen LogP) is 7.66. The van der Waals surface area contributed by atoms with E-state index in [2.05, 4.69) is 79.8 Å². The van der Waals surface area contributed by atoms with Gasteiger partial charge in [-0.15, -0.1) is 0 Å². The number of carbonyl (C=O) groups excluding carboxylic acids is 1. The maximum absolute atomic E-state index is 13.1. The molecule has 0 aromatic heterocycles. The Morgan fingerprint density at radius 1 is 0.971 bits per heavy atom. The van der Waals surface area contributed by atoms with Gasteiger partial charge in [-0.1, -0.05) is 42.5 Å². The van der Waals surface area contributed by atoms with Gasteiger partial charge in [-0.2, -0.15) is 0 Å². The van der Waals surface area contributed by atoms with E-state index < -0.39 is 0 Å². The number of amides is 1. The number of aliphatic imine (C=N–C) groups is 1. The van der Waals surface area contributed by atoms with Crippen LogP contribution in [-0.4, -0.2) is 11.1 Å². The summed E-state index contributed by atoms with van der Waals surface area (Å²) in [5.74, 6) is 0.284. The number of nitrogens with zero attached hydrogens (tertiary/aromatic N) is 1. The Labute approximate surface area is 233 Å². The Balaban J connectivity index is 1.34. The zero-order valence-corrected chi connectivity index (χ0v) is 23.2. The predicted molar refractivity (Wildman–Crippen MR) is 157 cm³/mol. The van der Waals surface area contributed by atoms with Crippen LogP contribution in [0.4, 0.5) is 10.1 Å². The molecule has 1 fully saturated rings. The molecular weight excluding hydrogens is 689 g/mol. The van der Waals surface area contributed by atoms with E-state index in [1.807, 2.05) is 36.4 Å². The molecule has 0 unspecified atom stereocenters. The first kappa shape index (κ1) is 24.3. The minimum Gasteiger partial charge on any atom is -0.487 e. The Hall–Kier alpha value is -2.44. The van der Waals surface area contributed by atoms with Gasteiger partial charge >= 0.3 is 0 Å². The van der Waals surface area contributed by atoms with Gasteiger partial charge in [0.25, 0.3) is 5.91 Å². The second-order valence-corrected chi connectivity index (χ2v) is 11.1. The van der Waals surface area contributed by atoms with Crippen LogP contribution in [0, 0.1) is 13.0 Å². The molecule has 4 aromatic carbocycles. The van der Waals surface area contributed by atoms with Gasteiger partial charge in [0.2, 0.25) is 0 Å². The maximum atomic E-state index is 13.1. The summed E-state index contributed by atoms with van der Waals surface area (Å²) in [7, 11) is 0. The number of nitrogens with one attached hydrogen (secondary N) is 1. The molecule has 4 nitrogen and oxygen atoms in total. The summed E-state index contributed by atoms with van der Waals surface area (Å²) in [4.78, 5) is 17.4. The average Bonchev–Trinajstić information content (AvgIpc) is 3.18. The second-order valence-electron chi connectivity index (χ2n) is 7.70. The highest BCUT2D eigenvalue weighted by molar-refractivity contribution is 14.1. The quantitative estimate of drug-likeness (QED) is 0.171. The zero-order chi connectivity index (χ0) is 24.4. The van der Waals surface area contributed by atoms with Crippen molar-refractivity contribution in [3.05, 3.63) is 108 Å². The molecule has 1 amide bonds. The molecule has 5 rings (SSSR count). The van der Waals surface area contributed by atoms with Crippen molar-refractivity contribution in [3.63, 3.8) is 0 Å². The lowest BCUT2D eigenvalue weighted by molar-refractivity contribution is -0.115. The van der Waals surface area contributed by atoms with Gasteiger partial charge in [-0.05, 0) is 121 Å². The third kappa shape index (κ3) is 5.70. The summed E-state index contributed by atoms with van der Waals surface area (Å²) in [5, 5.41) is 5.60. The van der Waals surface area contributed by atoms with Crippen LogP contribution < -0.4 is 10.1 Å². The summed E-state index contributed by atoms with van der Waals surface area (Å²) in [6.45, 7) is 0.468. The first-order chi connectivity index (χ1) is 17.0. The van der Waals surface area contributed by atoms with Crippen molar-refractivity contribution in [2.24, 2.45) is 4.99 Å². The van der Waals surface area contributed by atoms with Crippen LogP contribution in [0.5, 0.6) is 5.75 Å². The van der Waals surface area contributed by atoms with Crippen LogP contribution in [0.25, 0.3) is 16.8 Å². The summed E-state index contributed by atoms with van der Waals surface area (Å²) in [6, 6.07) is 24.3. The topological polar surface area (TPSA) is 50.7 Å². The fourth-order valence-corrected chi connectivity index (χ4v) is 6.60. The van der Waals surface area contributed by atoms with Crippen LogP contribution in [0.15, 0.2) is 88.8 Å². The van der Waals surface area contributed by atoms with Gasteiger partial charge in [0.1, 0.15) is 18.2 Å². The molecule has 0 saturated carbocycles. The highest BCUT2D eigenvalue weighted by Gasteiger charge is 2.24. The first-order valence-electron chi connectivity index (χ1n) is 10.6. The summed E-state index contributed by atoms with van der Waals surface area (Å²) in [6.07, 6.45) is 1.84. The lowest BCUT2D eigenvalue weighted by Gasteiger charge is -2.13. The molecule has 0 spiro atoms. The third-order valence-electron chi connectivity index (χ3n) is 5.28. The molecule has 0 radical (unpaired) electrons. The number of hydrogen-bond acceptors (Lipinski definition) is 4. The third-order valence-corrected chi connectivity index (χ3v) is 7.79. The molecule has 1 aliphatic rings. The number of amidine groups is 1. The monoisotopic (exact) mass is 706 g/mol. The van der Waals surface area contributed by atoms with E-state index in [4.69, 9.17) is 4.74 Å². The fourth-order valence-electron chi connectivity index (χ4n) is 3.63. The van der Waals surface area contributed by atoms with E-state index in [9.17, 15) is 9.18 Å². The standard InChI is InChI=1S/C27H17FI2N2O2S/c28-19-8-10-20(11-9-19)31-27-32-26(33)24(35-27)14-16-12-22(29)25(23(30)13-16)34-15-18-6-3-5-17-4-1-2-7-21(17)18/h1-14H,15H2,(H,31,32,33)/b24-14+. The molecule has 35 heavy (non-hydrogen) atoms. The number of hydrogen-bond donors (Lipinski definition) is 1. The van der Waals surface area contributed by atoms with Crippen LogP contribution in [-0.2, 0) is 11.4 Å². The highest BCUT2D eigenvalue weighted by atomic mass is 127. The number of ether oxygens (including phenoxy) is 1. The molecule has 4 aromatic rings. The van der Waals surface area contributed by atoms with Crippen molar-refractivity contribution < 1.29 is 13.9 Å². The lowest BCUT2D eigenvalue weighted by Crippen LogP contribution is -2.19. The summed E-state index contributed by atoms with van der Waals surface area (Å²) in [5.41, 5.74) is 2.61. The minimum atomic E-state index is -0.327. The SMILES string of the molecule is O=C1NC(=Nc2ccc(F)cc2)S/C1=C/c1cc(I)c(OCc2cccc3ccccc23)c(I)c1. The number of benzene rings is 4. The Morgan fingerprint density at radius 2 is 1.69 bits per heavy atom. The molecule has 8 heteroatoms. The van der Waals surface area contributed by atoms with Gasteiger partial charge in [0, 0.05) is 0 Å². The summed E-state index contributed by atoms with van der Waals surface area (Å²) >= 11 is 5.79. The second kappa shape index (κ2) is 10.7. The average molecular weight is 706 g/mol. The van der Waals surface area contributed by atoms with E-state index >= 15 is 0 Å². The van der Waals surface area contributed by atoms with Crippen LogP contribution >= 0.6 is 56.9 Å². The molecular formula is C27H17FI2N2O2S. The first-order valence-corrected chi connectivity index (χ1v) is 13.6. The molecule has 1 aliphatic heterocycles. The van der Waals surface area contributed by atoms with Crippen molar-refractivity contribution >= 4 is 90.6 Å². The van der Waals surface area contributed by atoms with Gasteiger partial charge in [-0.3, -0.25) is 4.79 Å². The van der Waals surface area contributed by atoms with Crippen LogP contribution in [0.2, 0.25) is 0 Å². The normalized spacial score (nSPS) is 15.7. The van der Waals surface area contributed by atoms with E-state index in [1.54, 1.807) is 12.1 Å². The van der Waals surface area contributed by atoms with Gasteiger partial charge in [0.05, 0.1) is 17.7 Å². The number of halogens is 3. The molecule has 0 atom stereocenters. The molecule has 174 valence electrons. The lowest BCUT2D eigenvalue weighted by atomic mass is 10.1. The van der Waals surface area contributed by atoms with Crippen LogP contribution in [0.3, 0.4) is 0 Å². The van der Waals surface area contributed by atoms with Crippen LogP contribution in [0.1, 0.15) is 11.1 Å². The Kier molecular flexibility index (Phi) is 7.40. The van der Waals surface area contributed by atoms with Gasteiger partial charge < -0.3 is 10.1 Å². The zero-order valence-electron chi connectivity index (χ0n) is 18.1. The van der Waals surface area contributed by atoms with E-state index in [-0.39, 0.29) is 11.7 Å². The molecule has 1 heterocycles. The van der Waals surface area contributed by atoms with Crippen molar-refractivity contribution in [2.75, 3.05) is 0 Å². The maximum Gasteiger partial charge on any atom is 0.264 e. The van der Waals surface area contributed by atoms with Gasteiger partial charge in [-0.25, -0.2) is 9.38 Å². The van der Waals surface area contributed by atoms with E-state index in [0.717, 1.165) is 24.0 Å². The van der Waals surface area contributed by atoms with Crippen molar-refractivity contribution in [3.8, 4) is 5.75 Å².